The van der Waals surface area contributed by atoms with Gasteiger partial charge in [-0.15, -0.1) is 0 Å². The lowest BCUT2D eigenvalue weighted by molar-refractivity contribution is -0.137. The second-order valence-corrected chi connectivity index (χ2v) is 4.49. The second kappa shape index (κ2) is 5.70. The van der Waals surface area contributed by atoms with Crippen LogP contribution in [0.15, 0.2) is 24.5 Å². The van der Waals surface area contributed by atoms with Crippen LogP contribution < -0.4 is 5.32 Å². The van der Waals surface area contributed by atoms with Gasteiger partial charge in [0, 0.05) is 12.7 Å². The van der Waals surface area contributed by atoms with Gasteiger partial charge in [-0.25, -0.2) is 4.98 Å². The molecule has 2 aromatic rings. The van der Waals surface area contributed by atoms with E-state index in [9.17, 15) is 13.2 Å². The molecule has 2 rings (SSSR count). The van der Waals surface area contributed by atoms with Crippen LogP contribution in [0.5, 0.6) is 0 Å². The SMILES string of the molecule is CCNc1ccc(Cl)c(Cn2cc(C(F)(F)F)cn2)n1. The lowest BCUT2D eigenvalue weighted by Gasteiger charge is -2.08. The first-order valence-corrected chi connectivity index (χ1v) is 6.27. The highest BCUT2D eigenvalue weighted by atomic mass is 35.5. The van der Waals surface area contributed by atoms with Gasteiger partial charge >= 0.3 is 6.18 Å². The van der Waals surface area contributed by atoms with Gasteiger partial charge in [0.2, 0.25) is 0 Å². The molecule has 0 aliphatic carbocycles. The fourth-order valence-corrected chi connectivity index (χ4v) is 1.79. The molecule has 0 spiro atoms. The summed E-state index contributed by atoms with van der Waals surface area (Å²) >= 11 is 5.99. The number of nitrogens with zero attached hydrogens (tertiary/aromatic N) is 3. The van der Waals surface area contributed by atoms with E-state index in [1.807, 2.05) is 6.92 Å². The third-order valence-electron chi connectivity index (χ3n) is 2.55. The number of hydrogen-bond acceptors (Lipinski definition) is 3. The monoisotopic (exact) mass is 304 g/mol. The van der Waals surface area contributed by atoms with Crippen molar-refractivity contribution in [1.82, 2.24) is 14.8 Å². The molecule has 0 unspecified atom stereocenters. The zero-order valence-corrected chi connectivity index (χ0v) is 11.3. The molecule has 0 saturated heterocycles. The molecule has 0 radical (unpaired) electrons. The number of anilines is 1. The molecule has 0 aromatic carbocycles. The van der Waals surface area contributed by atoms with Crippen molar-refractivity contribution in [2.75, 3.05) is 11.9 Å². The minimum atomic E-state index is -4.40. The van der Waals surface area contributed by atoms with Crippen LogP contribution >= 0.6 is 11.6 Å². The van der Waals surface area contributed by atoms with Gasteiger partial charge in [0.05, 0.1) is 29.0 Å². The van der Waals surface area contributed by atoms with Crippen molar-refractivity contribution in [3.63, 3.8) is 0 Å². The van der Waals surface area contributed by atoms with Crippen LogP contribution in [-0.4, -0.2) is 21.3 Å². The van der Waals surface area contributed by atoms with E-state index in [2.05, 4.69) is 15.4 Å². The number of pyridine rings is 1. The Morgan fingerprint density at radius 1 is 1.35 bits per heavy atom. The number of halogens is 4. The molecule has 0 bridgehead atoms. The zero-order valence-electron chi connectivity index (χ0n) is 10.6. The van der Waals surface area contributed by atoms with E-state index < -0.39 is 11.7 Å². The lowest BCUT2D eigenvalue weighted by atomic mass is 10.3. The molecule has 0 amide bonds. The van der Waals surface area contributed by atoms with Gasteiger partial charge in [-0.05, 0) is 19.1 Å². The van der Waals surface area contributed by atoms with Crippen molar-refractivity contribution in [2.24, 2.45) is 0 Å². The van der Waals surface area contributed by atoms with Crippen molar-refractivity contribution >= 4 is 17.4 Å². The Labute approximate surface area is 118 Å². The first-order valence-electron chi connectivity index (χ1n) is 5.89. The van der Waals surface area contributed by atoms with Crippen LogP contribution in [0.3, 0.4) is 0 Å². The Hall–Kier alpha value is -1.76. The summed E-state index contributed by atoms with van der Waals surface area (Å²) in [6, 6.07) is 3.36. The summed E-state index contributed by atoms with van der Waals surface area (Å²) in [5.41, 5.74) is -0.335. The summed E-state index contributed by atoms with van der Waals surface area (Å²) in [4.78, 5) is 4.24. The van der Waals surface area contributed by atoms with Crippen molar-refractivity contribution in [1.29, 1.82) is 0 Å². The Bertz CT molecular complexity index is 595. The van der Waals surface area contributed by atoms with Crippen LogP contribution in [0.2, 0.25) is 5.02 Å². The minimum absolute atomic E-state index is 0.0775. The molecule has 2 aromatic heterocycles. The highest BCUT2D eigenvalue weighted by Gasteiger charge is 2.32. The number of hydrogen-bond donors (Lipinski definition) is 1. The number of aromatic nitrogens is 3. The summed E-state index contributed by atoms with van der Waals surface area (Å²) < 4.78 is 38.6. The van der Waals surface area contributed by atoms with E-state index in [0.29, 0.717) is 23.1 Å². The van der Waals surface area contributed by atoms with Gasteiger partial charge in [0.1, 0.15) is 5.82 Å². The van der Waals surface area contributed by atoms with Crippen LogP contribution in [0.1, 0.15) is 18.2 Å². The van der Waals surface area contributed by atoms with Crippen molar-refractivity contribution in [2.45, 2.75) is 19.6 Å². The average Bonchev–Trinajstić information content (AvgIpc) is 2.82. The summed E-state index contributed by atoms with van der Waals surface area (Å²) in [5, 5.41) is 7.07. The van der Waals surface area contributed by atoms with Crippen molar-refractivity contribution < 1.29 is 13.2 Å². The molecule has 0 aliphatic rings. The van der Waals surface area contributed by atoms with Crippen LogP contribution in [-0.2, 0) is 12.7 Å². The Kier molecular flexibility index (Phi) is 4.17. The summed E-state index contributed by atoms with van der Waals surface area (Å²) in [6.45, 7) is 2.68. The molecule has 20 heavy (non-hydrogen) atoms. The Morgan fingerprint density at radius 2 is 2.10 bits per heavy atom. The van der Waals surface area contributed by atoms with Gasteiger partial charge in [0.25, 0.3) is 0 Å². The van der Waals surface area contributed by atoms with Gasteiger partial charge in [-0.1, -0.05) is 11.6 Å². The van der Waals surface area contributed by atoms with E-state index in [1.165, 1.54) is 0 Å². The largest absolute Gasteiger partial charge is 0.419 e. The fraction of sp³-hybridized carbons (Fsp3) is 0.333. The fourth-order valence-electron chi connectivity index (χ4n) is 1.62. The molecule has 0 fully saturated rings. The maximum atomic E-state index is 12.5. The van der Waals surface area contributed by atoms with Gasteiger partial charge in [-0.3, -0.25) is 4.68 Å². The van der Waals surface area contributed by atoms with E-state index in [0.717, 1.165) is 17.1 Å². The van der Waals surface area contributed by atoms with Crippen LogP contribution in [0.25, 0.3) is 0 Å². The molecule has 108 valence electrons. The van der Waals surface area contributed by atoms with E-state index in [4.69, 9.17) is 11.6 Å². The smallest absolute Gasteiger partial charge is 0.370 e. The first-order chi connectivity index (χ1) is 9.40. The third-order valence-corrected chi connectivity index (χ3v) is 2.89. The summed E-state index contributed by atoms with van der Waals surface area (Å²) in [6.07, 6.45) is -2.69. The minimum Gasteiger partial charge on any atom is -0.370 e. The average molecular weight is 305 g/mol. The molecule has 0 saturated carbocycles. The predicted molar refractivity (Wildman–Crippen MR) is 69.7 cm³/mol. The summed E-state index contributed by atoms with van der Waals surface area (Å²) in [5.74, 6) is 0.620. The Balaban J connectivity index is 2.21. The molecule has 0 atom stereocenters. The zero-order chi connectivity index (χ0) is 14.8. The standard InChI is InChI=1S/C12H12ClF3N4/c1-2-17-11-4-3-9(13)10(19-11)7-20-6-8(5-18-20)12(14,15)16/h3-6H,2,7H2,1H3,(H,17,19). The number of rotatable bonds is 4. The lowest BCUT2D eigenvalue weighted by Crippen LogP contribution is -2.07. The van der Waals surface area contributed by atoms with E-state index in [-0.39, 0.29) is 6.54 Å². The van der Waals surface area contributed by atoms with Gasteiger partial charge in [0.15, 0.2) is 0 Å². The molecular weight excluding hydrogens is 293 g/mol. The maximum Gasteiger partial charge on any atom is 0.419 e. The molecule has 2 heterocycles. The molecule has 1 N–H and O–H groups in total. The predicted octanol–water partition coefficient (Wildman–Crippen LogP) is 3.43. The molecular formula is C12H12ClF3N4. The third kappa shape index (κ3) is 3.41. The number of nitrogens with one attached hydrogen (secondary N) is 1. The highest BCUT2D eigenvalue weighted by Crippen LogP contribution is 2.28. The molecule has 8 heteroatoms. The topological polar surface area (TPSA) is 42.7 Å². The van der Waals surface area contributed by atoms with Crippen LogP contribution in [0, 0.1) is 0 Å². The normalized spacial score (nSPS) is 11.7. The second-order valence-electron chi connectivity index (χ2n) is 4.08. The van der Waals surface area contributed by atoms with E-state index >= 15 is 0 Å². The number of alkyl halides is 3. The van der Waals surface area contributed by atoms with Gasteiger partial charge in [-0.2, -0.15) is 18.3 Å². The highest BCUT2D eigenvalue weighted by molar-refractivity contribution is 6.31. The quantitative estimate of drug-likeness (QED) is 0.941. The molecule has 0 aliphatic heterocycles. The first kappa shape index (κ1) is 14.6. The van der Waals surface area contributed by atoms with Crippen molar-refractivity contribution in [3.05, 3.63) is 40.8 Å². The van der Waals surface area contributed by atoms with E-state index in [1.54, 1.807) is 12.1 Å². The van der Waals surface area contributed by atoms with Gasteiger partial charge < -0.3 is 5.32 Å². The summed E-state index contributed by atoms with van der Waals surface area (Å²) in [7, 11) is 0. The molecule has 4 nitrogen and oxygen atoms in total. The van der Waals surface area contributed by atoms with Crippen LogP contribution in [0.4, 0.5) is 19.0 Å². The maximum absolute atomic E-state index is 12.5. The van der Waals surface area contributed by atoms with Crippen molar-refractivity contribution in [3.8, 4) is 0 Å². The Morgan fingerprint density at radius 3 is 2.70 bits per heavy atom.